The van der Waals surface area contributed by atoms with Crippen LogP contribution in [0.15, 0.2) is 109 Å². The van der Waals surface area contributed by atoms with Crippen LogP contribution in [0.1, 0.15) is 76.7 Å². The normalized spacial score (nSPS) is 24.9. The van der Waals surface area contributed by atoms with Crippen LogP contribution in [-0.4, -0.2) is 135 Å². The zero-order chi connectivity index (χ0) is 50.3. The molecule has 5 heterocycles. The van der Waals surface area contributed by atoms with Crippen LogP contribution in [0.25, 0.3) is 0 Å². The number of nitrogens with zero attached hydrogens (tertiary/aromatic N) is 8. The second-order valence-electron chi connectivity index (χ2n) is 18.2. The van der Waals surface area contributed by atoms with Crippen molar-refractivity contribution in [2.75, 3.05) is 39.4 Å². The Morgan fingerprint density at radius 3 is 2.15 bits per heavy atom. The van der Waals surface area contributed by atoms with E-state index >= 15 is 0 Å². The van der Waals surface area contributed by atoms with Gasteiger partial charge in [-0.1, -0.05) is 61.5 Å². The van der Waals surface area contributed by atoms with E-state index in [2.05, 4.69) is 26.0 Å². The molecule has 3 aliphatic rings. The summed E-state index contributed by atoms with van der Waals surface area (Å²) in [7, 11) is 1.28. The van der Waals surface area contributed by atoms with Crippen LogP contribution in [0.5, 0.6) is 11.5 Å². The molecule has 2 aromatic heterocycles. The minimum Gasteiger partial charge on any atom is -0.497 e. The van der Waals surface area contributed by atoms with Crippen LogP contribution in [0.3, 0.4) is 0 Å². The highest BCUT2D eigenvalue weighted by Crippen LogP contribution is 2.54. The number of hydrogen-bond donors (Lipinski definition) is 4. The van der Waals surface area contributed by atoms with Crippen molar-refractivity contribution in [3.8, 4) is 17.6 Å². The van der Waals surface area contributed by atoms with Crippen molar-refractivity contribution in [1.29, 1.82) is 5.26 Å². The average Bonchev–Trinajstić information content (AvgIpc) is 4.21. The number of quaternary nitrogens is 1. The number of aliphatic hydroxyl groups is 3. The molecule has 0 radical (unpaired) electrons. The number of nitriles is 1. The first-order valence-corrected chi connectivity index (χ1v) is 25.1. The van der Waals surface area contributed by atoms with E-state index in [1.54, 1.807) is 33.1 Å². The number of fused-ring (bicyclic) bond motifs is 1. The highest BCUT2D eigenvalue weighted by Gasteiger charge is 2.65. The van der Waals surface area contributed by atoms with Gasteiger partial charge in [0.15, 0.2) is 17.6 Å². The van der Waals surface area contributed by atoms with Crippen LogP contribution in [0.4, 0.5) is 17.3 Å². The molecule has 0 aliphatic carbocycles. The molecule has 8 rings (SSSR count). The van der Waals surface area contributed by atoms with Crippen molar-refractivity contribution in [1.82, 2.24) is 28.7 Å². The Morgan fingerprint density at radius 2 is 1.59 bits per heavy atom. The van der Waals surface area contributed by atoms with Gasteiger partial charge in [-0.25, -0.2) is 14.6 Å². The molecule has 0 saturated carbocycles. The Bertz CT molecular complexity index is 2500. The first-order chi connectivity index (χ1) is 34.4. The third-order valence-electron chi connectivity index (χ3n) is 13.2. The summed E-state index contributed by atoms with van der Waals surface area (Å²) in [5.74, 6) is 2.06. The molecule has 378 valence electrons. The Morgan fingerprint density at radius 1 is 0.930 bits per heavy atom. The summed E-state index contributed by atoms with van der Waals surface area (Å²) in [6.07, 6.45) is 0.964. The summed E-state index contributed by atoms with van der Waals surface area (Å²) in [4.78, 5) is 18.7. The number of benzene rings is 3. The third-order valence-corrected chi connectivity index (χ3v) is 15.4. The van der Waals surface area contributed by atoms with Crippen LogP contribution in [-0.2, 0) is 28.9 Å². The van der Waals surface area contributed by atoms with Crippen LogP contribution in [0.2, 0.25) is 0 Å². The summed E-state index contributed by atoms with van der Waals surface area (Å²) < 4.78 is 49.6. The van der Waals surface area contributed by atoms with Crippen LogP contribution < -0.4 is 19.3 Å². The maximum absolute atomic E-state index is 13.2. The van der Waals surface area contributed by atoms with Gasteiger partial charge >= 0.3 is 0 Å². The van der Waals surface area contributed by atoms with Crippen LogP contribution in [0, 0.1) is 11.3 Å². The Balaban J connectivity index is 1.27. The average molecular weight is 995 g/mol. The second-order valence-corrected chi connectivity index (χ2v) is 19.6. The molecular weight excluding hydrogens is 930 g/mol. The number of aromatic nitrogens is 4. The van der Waals surface area contributed by atoms with Gasteiger partial charge in [-0.15, -0.1) is 0 Å². The number of ether oxygens (including phenoxy) is 5. The Kier molecular flexibility index (Phi) is 16.8. The van der Waals surface area contributed by atoms with Gasteiger partial charge in [-0.05, 0) is 75.1 Å². The summed E-state index contributed by atoms with van der Waals surface area (Å²) in [5.41, 5.74) is 1.45. The van der Waals surface area contributed by atoms with E-state index in [-0.39, 0.29) is 44.3 Å². The molecule has 2 saturated heterocycles. The van der Waals surface area contributed by atoms with E-state index in [4.69, 9.17) is 42.7 Å². The lowest BCUT2D eigenvalue weighted by molar-refractivity contribution is -0.141. The van der Waals surface area contributed by atoms with Gasteiger partial charge in [0, 0.05) is 24.5 Å². The smallest absolute Gasteiger partial charge is 0.269 e. The summed E-state index contributed by atoms with van der Waals surface area (Å²) in [6.45, 7) is 9.64. The van der Waals surface area contributed by atoms with Gasteiger partial charge in [0.05, 0.1) is 65.4 Å². The number of anilines is 1. The molecule has 20 heteroatoms. The topological polar surface area (TPSA) is 220 Å². The number of methoxy groups -OCH3 is 2. The molecule has 4 N–H and O–H groups in total. The highest BCUT2D eigenvalue weighted by atomic mass is 31.2. The quantitative estimate of drug-likeness (QED) is 0.0226. The van der Waals surface area contributed by atoms with Crippen molar-refractivity contribution in [3.05, 3.63) is 121 Å². The summed E-state index contributed by atoms with van der Waals surface area (Å²) in [6, 6.07) is 27.2. The van der Waals surface area contributed by atoms with E-state index in [0.29, 0.717) is 35.2 Å². The first-order valence-electron chi connectivity index (χ1n) is 24.0. The number of rotatable bonds is 23. The monoisotopic (exact) mass is 994 g/mol. The minimum atomic E-state index is -1.95. The molecule has 0 amide bonds. The van der Waals surface area contributed by atoms with E-state index in [9.17, 15) is 20.6 Å². The van der Waals surface area contributed by atoms with Gasteiger partial charge in [0.1, 0.15) is 47.9 Å². The molecule has 10 atom stereocenters. The Labute approximate surface area is 416 Å². The van der Waals surface area contributed by atoms with E-state index in [1.165, 1.54) is 6.33 Å². The first kappa shape index (κ1) is 51.9. The summed E-state index contributed by atoms with van der Waals surface area (Å²) >= 11 is 0. The van der Waals surface area contributed by atoms with Crippen molar-refractivity contribution < 1.29 is 48.1 Å². The fourth-order valence-corrected chi connectivity index (χ4v) is 11.6. The van der Waals surface area contributed by atoms with Gasteiger partial charge in [-0.3, -0.25) is 0 Å². The second kappa shape index (κ2) is 23.0. The lowest BCUT2D eigenvalue weighted by Crippen LogP contribution is -2.65. The maximum atomic E-state index is 13.2. The molecule has 0 bridgehead atoms. The molecule has 3 unspecified atom stereocenters. The number of aliphatic imine (C=N–C) groups is 1. The molecule has 3 aromatic carbocycles. The summed E-state index contributed by atoms with van der Waals surface area (Å²) in [5, 5.41) is 48.1. The lowest BCUT2D eigenvalue weighted by atomic mass is 9.80. The molecule has 2 fully saturated rings. The number of aliphatic hydroxyl groups excluding tert-OH is 3. The van der Waals surface area contributed by atoms with Crippen LogP contribution >= 0.6 is 8.53 Å². The predicted octanol–water partition coefficient (Wildman–Crippen LogP) is 6.92. The highest BCUT2D eigenvalue weighted by molar-refractivity contribution is 7.44. The number of nitrogens with one attached hydrogen (secondary N) is 1. The molecule has 19 nitrogen and oxygen atoms in total. The zero-order valence-corrected chi connectivity index (χ0v) is 42.0. The lowest BCUT2D eigenvalue weighted by Gasteiger charge is -2.40. The van der Waals surface area contributed by atoms with Crippen molar-refractivity contribution >= 4 is 32.2 Å². The van der Waals surface area contributed by atoms with Crippen molar-refractivity contribution in [3.63, 3.8) is 0 Å². The minimum absolute atomic E-state index is 0.0276. The SMILES string of the molecule is CCC(Nc1ncnc2c1N=C[N+]2([C@@H]1C[C@H](O)[C@@H](CO)O1)[C@@H]1O[C@H](COC(c2ccccc2)(c2ccc(OC)cc2)c2ccc(OC)cc2)[C@@H](OP(OCCC#N)N(C(C)C)C(C)C)[C@H]1O)n1ccnc1. The molecule has 0 spiro atoms. The largest absolute Gasteiger partial charge is 0.497 e. The van der Waals surface area contributed by atoms with E-state index in [1.807, 2.05) is 124 Å². The Hall–Kier alpha value is -5.46. The van der Waals surface area contributed by atoms with E-state index in [0.717, 1.165) is 16.7 Å². The fourth-order valence-electron chi connectivity index (χ4n) is 9.81. The molecule has 3 aliphatic heterocycles. The number of hydrogen-bond acceptors (Lipinski definition) is 17. The van der Waals surface area contributed by atoms with Gasteiger partial charge in [-0.2, -0.15) is 19.7 Å². The predicted molar refractivity (Wildman–Crippen MR) is 267 cm³/mol. The van der Waals surface area contributed by atoms with E-state index < -0.39 is 68.2 Å². The van der Waals surface area contributed by atoms with Crippen molar-refractivity contribution in [2.45, 2.75) is 121 Å². The fraction of sp³-hybridized carbons (Fsp3) is 0.471. The van der Waals surface area contributed by atoms with Gasteiger partial charge in [0.2, 0.25) is 18.8 Å². The maximum Gasteiger partial charge on any atom is 0.269 e. The number of imidazole rings is 1. The molecule has 5 aromatic rings. The van der Waals surface area contributed by atoms with Gasteiger partial charge in [0.25, 0.3) is 14.3 Å². The molecular formula is C51H65N9O10P+. The zero-order valence-electron chi connectivity index (χ0n) is 41.1. The third kappa shape index (κ3) is 10.3. The van der Waals surface area contributed by atoms with Crippen molar-refractivity contribution in [2.24, 2.45) is 4.99 Å². The molecule has 71 heavy (non-hydrogen) atoms. The standard InChI is InChI=1S/C51H65N9O10P/c1-8-43(58-25-24-53-31-58)57-48-45-49(55-30-54-48)60(32-56-45,44-27-40(62)41(28-61)68-44)50-46(63)47(70-71(67-26-12-23-52)59(33(2)3)34(4)5)42(69-50)29-66-51(35-13-10-9-11-14-35,36-15-19-38(64-6)20-16-36)37-17-21-39(65-7)22-18-37/h9-11,13-22,24-25,30-34,40-44,46-47,50,61-63H,8,12,26-29H2,1-7H3,(H,54,55,57)/q+1/t40-,41+,42+,43?,44-,46+,47+,50+,60?,71?/m0/s1. The van der Waals surface area contributed by atoms with Gasteiger partial charge < -0.3 is 57.9 Å².